The normalized spacial score (nSPS) is 16.8. The SMILES string of the molecule is CCCC(CCO[Si](c1ccccc1)(c1ccccc1)C(C)(C)C)Nc1nc(NC(=O)O)nc2cnn(Cc3cc(CN[C@H]4CCOC[C@H]4O)ccc3OC)c12. The molecule has 1 amide bonds. The Morgan fingerprint density at radius 1 is 1.04 bits per heavy atom. The first kappa shape index (κ1) is 40.8. The van der Waals surface area contributed by atoms with Crippen LogP contribution in [0, 0.1) is 0 Å². The van der Waals surface area contributed by atoms with E-state index >= 15 is 0 Å². The van der Waals surface area contributed by atoms with Crippen LogP contribution in [0.3, 0.4) is 0 Å². The molecule has 3 aromatic carbocycles. The highest BCUT2D eigenvalue weighted by molar-refractivity contribution is 6.99. The molecule has 1 fully saturated rings. The number of nitrogens with zero attached hydrogens (tertiary/aromatic N) is 4. The van der Waals surface area contributed by atoms with Gasteiger partial charge in [0.05, 0.1) is 32.6 Å². The molecular formula is C42H55N7O6Si. The van der Waals surface area contributed by atoms with Crippen LogP contribution in [0.15, 0.2) is 85.1 Å². The molecule has 5 aromatic rings. The number of hydrogen-bond acceptors (Lipinski definition) is 10. The second kappa shape index (κ2) is 18.4. The summed E-state index contributed by atoms with van der Waals surface area (Å²) in [5, 5.41) is 36.4. The van der Waals surface area contributed by atoms with E-state index in [4.69, 9.17) is 24.0 Å². The van der Waals surface area contributed by atoms with E-state index in [-0.39, 0.29) is 23.1 Å². The Labute approximate surface area is 330 Å². The first-order valence-corrected chi connectivity index (χ1v) is 21.3. The van der Waals surface area contributed by atoms with E-state index in [0.29, 0.717) is 61.9 Å². The minimum atomic E-state index is -2.75. The van der Waals surface area contributed by atoms with Gasteiger partial charge in [0.1, 0.15) is 16.8 Å². The molecule has 1 aliphatic rings. The van der Waals surface area contributed by atoms with E-state index in [0.717, 1.165) is 30.4 Å². The first-order valence-electron chi connectivity index (χ1n) is 19.4. The van der Waals surface area contributed by atoms with E-state index in [1.807, 2.05) is 28.9 Å². The average molecular weight is 782 g/mol. The topological polar surface area (TPSA) is 165 Å². The highest BCUT2D eigenvalue weighted by Crippen LogP contribution is 2.37. The molecule has 6 rings (SSSR count). The lowest BCUT2D eigenvalue weighted by Crippen LogP contribution is -2.66. The second-order valence-corrected chi connectivity index (χ2v) is 19.7. The Kier molecular flexibility index (Phi) is 13.4. The van der Waals surface area contributed by atoms with Crippen molar-refractivity contribution in [2.24, 2.45) is 0 Å². The van der Waals surface area contributed by atoms with Crippen molar-refractivity contribution < 1.29 is 28.9 Å². The standard InChI is InChI=1S/C42H55N7O6Si/c1-6-13-31(20-23-55-56(42(2,3)4,32-14-9-7-10-15-32)33-16-11-8-12-17-33)45-39-38-35(46-40(47-39)48-41(51)52)26-44-49(38)27-30-24-29(18-19-37(30)53-5)25-43-34-21-22-54-28-36(34)50/h7-12,14-19,24,26,31,34,36,43,50H,6,13,20-23,25,27-28H2,1-5H3,(H,51,52)(H2,45,46,47,48)/t31?,34-,36+/m0/s1. The summed E-state index contributed by atoms with van der Waals surface area (Å²) in [6.45, 7) is 11.3. The molecular weight excluding hydrogens is 727 g/mol. The molecule has 298 valence electrons. The lowest BCUT2D eigenvalue weighted by atomic mass is 10.0. The number of carboxylic acid groups (broad SMARTS) is 1. The largest absolute Gasteiger partial charge is 0.496 e. The van der Waals surface area contributed by atoms with Crippen molar-refractivity contribution in [3.8, 4) is 5.75 Å². The number of nitrogens with one attached hydrogen (secondary N) is 3. The van der Waals surface area contributed by atoms with Gasteiger partial charge in [-0.25, -0.2) is 9.78 Å². The molecule has 5 N–H and O–H groups in total. The van der Waals surface area contributed by atoms with Gasteiger partial charge in [0, 0.05) is 37.4 Å². The van der Waals surface area contributed by atoms with E-state index in [1.54, 1.807) is 13.3 Å². The molecule has 2 aromatic heterocycles. The summed E-state index contributed by atoms with van der Waals surface area (Å²) in [6, 6.07) is 27.1. The lowest BCUT2D eigenvalue weighted by molar-refractivity contribution is -0.0280. The van der Waals surface area contributed by atoms with Gasteiger partial charge in [0.2, 0.25) is 5.95 Å². The maximum absolute atomic E-state index is 11.7. The molecule has 13 nitrogen and oxygen atoms in total. The number of fused-ring (bicyclic) bond motifs is 1. The van der Waals surface area contributed by atoms with Crippen LogP contribution < -0.4 is 31.1 Å². The van der Waals surface area contributed by atoms with Crippen molar-refractivity contribution in [3.05, 3.63) is 96.2 Å². The number of aliphatic hydroxyl groups excluding tert-OH is 1. The number of ether oxygens (including phenoxy) is 2. The number of aliphatic hydroxyl groups is 1. The number of rotatable bonds is 17. The summed E-state index contributed by atoms with van der Waals surface area (Å²) in [6.07, 6.45) is 2.98. The molecule has 0 radical (unpaired) electrons. The molecule has 0 bridgehead atoms. The Morgan fingerprint density at radius 2 is 1.75 bits per heavy atom. The molecule has 3 atom stereocenters. The van der Waals surface area contributed by atoms with Gasteiger partial charge in [0.25, 0.3) is 8.32 Å². The van der Waals surface area contributed by atoms with E-state index in [9.17, 15) is 15.0 Å². The van der Waals surface area contributed by atoms with E-state index in [2.05, 4.69) is 103 Å². The van der Waals surface area contributed by atoms with Crippen molar-refractivity contribution >= 4 is 47.6 Å². The minimum absolute atomic E-state index is 0.0354. The molecule has 0 spiro atoms. The number of amides is 1. The second-order valence-electron chi connectivity index (χ2n) is 15.4. The molecule has 14 heteroatoms. The molecule has 0 saturated carbocycles. The summed E-state index contributed by atoms with van der Waals surface area (Å²) < 4.78 is 20.2. The monoisotopic (exact) mass is 781 g/mol. The van der Waals surface area contributed by atoms with Gasteiger partial charge >= 0.3 is 6.09 Å². The summed E-state index contributed by atoms with van der Waals surface area (Å²) in [7, 11) is -1.11. The minimum Gasteiger partial charge on any atom is -0.496 e. The summed E-state index contributed by atoms with van der Waals surface area (Å²) in [4.78, 5) is 20.9. The van der Waals surface area contributed by atoms with Gasteiger partial charge in [0.15, 0.2) is 5.82 Å². The molecule has 56 heavy (non-hydrogen) atoms. The van der Waals surface area contributed by atoms with Crippen molar-refractivity contribution in [2.45, 2.75) is 89.7 Å². The lowest BCUT2D eigenvalue weighted by Gasteiger charge is -2.43. The van der Waals surface area contributed by atoms with Crippen LogP contribution in [0.4, 0.5) is 16.6 Å². The zero-order valence-electron chi connectivity index (χ0n) is 33.0. The van der Waals surface area contributed by atoms with Crippen LogP contribution in [0.1, 0.15) is 64.5 Å². The third-order valence-electron chi connectivity index (χ3n) is 10.4. The predicted molar refractivity (Wildman–Crippen MR) is 222 cm³/mol. The van der Waals surface area contributed by atoms with Crippen LogP contribution in [-0.4, -0.2) is 89.5 Å². The predicted octanol–water partition coefficient (Wildman–Crippen LogP) is 5.76. The molecule has 1 saturated heterocycles. The summed E-state index contributed by atoms with van der Waals surface area (Å²) in [5.74, 6) is 1.14. The Balaban J connectivity index is 1.29. The first-order chi connectivity index (χ1) is 27.0. The number of methoxy groups -OCH3 is 1. The van der Waals surface area contributed by atoms with Gasteiger partial charge < -0.3 is 34.7 Å². The van der Waals surface area contributed by atoms with E-state index < -0.39 is 20.5 Å². The van der Waals surface area contributed by atoms with Crippen LogP contribution in [-0.2, 0) is 22.3 Å². The van der Waals surface area contributed by atoms with Gasteiger partial charge in [-0.1, -0.05) is 101 Å². The van der Waals surface area contributed by atoms with Crippen molar-refractivity contribution in [3.63, 3.8) is 0 Å². The maximum atomic E-state index is 11.7. The zero-order valence-corrected chi connectivity index (χ0v) is 34.0. The number of benzene rings is 3. The maximum Gasteiger partial charge on any atom is 0.411 e. The third kappa shape index (κ3) is 9.39. The van der Waals surface area contributed by atoms with Crippen LogP contribution in [0.2, 0.25) is 5.04 Å². The molecule has 1 unspecified atom stereocenters. The quantitative estimate of drug-likeness (QED) is 0.0729. The Hall–Kier alpha value is -4.86. The average Bonchev–Trinajstić information content (AvgIpc) is 3.58. The molecule has 1 aliphatic heterocycles. The highest BCUT2D eigenvalue weighted by Gasteiger charge is 2.50. The highest BCUT2D eigenvalue weighted by atomic mass is 28.4. The Morgan fingerprint density at radius 3 is 2.38 bits per heavy atom. The number of carbonyl (C=O) groups is 1. The molecule has 0 aliphatic carbocycles. The smallest absolute Gasteiger partial charge is 0.411 e. The summed E-state index contributed by atoms with van der Waals surface area (Å²) in [5.41, 5.74) is 3.07. The van der Waals surface area contributed by atoms with Gasteiger partial charge in [-0.2, -0.15) is 10.1 Å². The van der Waals surface area contributed by atoms with Crippen LogP contribution in [0.25, 0.3) is 11.0 Å². The van der Waals surface area contributed by atoms with Crippen molar-refractivity contribution in [1.29, 1.82) is 0 Å². The number of anilines is 2. The van der Waals surface area contributed by atoms with Crippen molar-refractivity contribution in [2.75, 3.05) is 37.6 Å². The van der Waals surface area contributed by atoms with Gasteiger partial charge in [-0.3, -0.25) is 10.00 Å². The summed E-state index contributed by atoms with van der Waals surface area (Å²) >= 11 is 0. The van der Waals surface area contributed by atoms with E-state index in [1.165, 1.54) is 10.4 Å². The van der Waals surface area contributed by atoms with Gasteiger partial charge in [-0.05, 0) is 52.4 Å². The van der Waals surface area contributed by atoms with Gasteiger partial charge in [-0.15, -0.1) is 0 Å². The number of aromatic nitrogens is 4. The Bertz CT molecular complexity index is 2000. The third-order valence-corrected chi connectivity index (χ3v) is 15.5. The number of hydrogen-bond donors (Lipinski definition) is 5. The van der Waals surface area contributed by atoms with Crippen LogP contribution >= 0.6 is 0 Å². The molecule has 3 heterocycles. The van der Waals surface area contributed by atoms with Crippen molar-refractivity contribution in [1.82, 2.24) is 25.1 Å². The zero-order chi connectivity index (χ0) is 39.7. The fourth-order valence-corrected chi connectivity index (χ4v) is 12.3. The fraction of sp³-hybridized carbons (Fsp3) is 0.429. The van der Waals surface area contributed by atoms with Crippen LogP contribution in [0.5, 0.6) is 5.75 Å². The fourth-order valence-electron chi connectivity index (χ4n) is 7.75.